The first-order valence-electron chi connectivity index (χ1n) is 5.48. The standard InChI is InChI=1S/C12H14ClN3OS/c1-17-7-6-14-12-16-15-11(8-18-12)9-2-4-10(13)5-3-9/h2-5,8,15H,6-7H2,1H3,(H,14,16). The van der Waals surface area contributed by atoms with E-state index in [9.17, 15) is 0 Å². The van der Waals surface area contributed by atoms with Gasteiger partial charge in [0.05, 0.1) is 18.8 Å². The van der Waals surface area contributed by atoms with E-state index < -0.39 is 0 Å². The van der Waals surface area contributed by atoms with Crippen LogP contribution in [0.3, 0.4) is 0 Å². The number of rotatable bonds is 4. The van der Waals surface area contributed by atoms with Crippen LogP contribution in [0.4, 0.5) is 0 Å². The summed E-state index contributed by atoms with van der Waals surface area (Å²) in [5, 5.41) is 3.59. The van der Waals surface area contributed by atoms with Crippen LogP contribution in [-0.2, 0) is 4.74 Å². The second-order valence-electron chi connectivity index (χ2n) is 3.59. The molecule has 1 heterocycles. The highest BCUT2D eigenvalue weighted by molar-refractivity contribution is 8.16. The molecule has 1 aliphatic rings. The number of amidine groups is 1. The van der Waals surface area contributed by atoms with Crippen LogP contribution in [0.25, 0.3) is 5.70 Å². The first-order chi connectivity index (χ1) is 8.79. The molecule has 6 heteroatoms. The minimum Gasteiger partial charge on any atom is -0.383 e. The number of ether oxygens (including phenoxy) is 1. The van der Waals surface area contributed by atoms with Crippen LogP contribution in [0.5, 0.6) is 0 Å². The molecular weight excluding hydrogens is 270 g/mol. The van der Waals surface area contributed by atoms with Crippen molar-refractivity contribution in [2.75, 3.05) is 20.3 Å². The van der Waals surface area contributed by atoms with E-state index in [4.69, 9.17) is 16.3 Å². The molecule has 1 aliphatic heterocycles. The normalized spacial score (nSPS) is 17.0. The van der Waals surface area contributed by atoms with Gasteiger partial charge in [-0.05, 0) is 12.1 Å². The lowest BCUT2D eigenvalue weighted by molar-refractivity contribution is 0.208. The monoisotopic (exact) mass is 283 g/mol. The molecule has 1 aromatic rings. The molecule has 0 spiro atoms. The molecular formula is C12H14ClN3OS. The molecule has 1 aromatic carbocycles. The summed E-state index contributed by atoms with van der Waals surface area (Å²) in [6, 6.07) is 7.67. The van der Waals surface area contributed by atoms with E-state index in [2.05, 4.69) is 15.8 Å². The summed E-state index contributed by atoms with van der Waals surface area (Å²) in [7, 11) is 1.67. The Labute approximate surface area is 115 Å². The molecule has 0 bridgehead atoms. The molecule has 0 amide bonds. The number of halogens is 1. The van der Waals surface area contributed by atoms with Crippen LogP contribution in [0, 0.1) is 0 Å². The fraction of sp³-hybridized carbons (Fsp3) is 0.250. The topological polar surface area (TPSA) is 45.6 Å². The summed E-state index contributed by atoms with van der Waals surface area (Å²) in [5.74, 6) is 0. The van der Waals surface area contributed by atoms with Crippen molar-refractivity contribution in [3.8, 4) is 0 Å². The van der Waals surface area contributed by atoms with Gasteiger partial charge in [-0.25, -0.2) is 0 Å². The summed E-state index contributed by atoms with van der Waals surface area (Å²) in [6.45, 7) is 1.27. The number of hydrogen-bond acceptors (Lipinski definition) is 4. The van der Waals surface area contributed by atoms with Crippen molar-refractivity contribution in [3.63, 3.8) is 0 Å². The number of benzene rings is 1. The molecule has 0 aromatic heterocycles. The van der Waals surface area contributed by atoms with Gasteiger partial charge in [0, 0.05) is 23.1 Å². The summed E-state index contributed by atoms with van der Waals surface area (Å²) < 4.78 is 4.94. The zero-order valence-corrected chi connectivity index (χ0v) is 11.5. The van der Waals surface area contributed by atoms with Gasteiger partial charge in [0.15, 0.2) is 5.17 Å². The highest BCUT2D eigenvalue weighted by atomic mass is 35.5. The lowest BCUT2D eigenvalue weighted by Crippen LogP contribution is -2.37. The number of aliphatic imine (C=N–C) groups is 1. The highest BCUT2D eigenvalue weighted by Gasteiger charge is 2.09. The van der Waals surface area contributed by atoms with Gasteiger partial charge in [-0.1, -0.05) is 35.5 Å². The smallest absolute Gasteiger partial charge is 0.179 e. The van der Waals surface area contributed by atoms with E-state index in [1.165, 1.54) is 0 Å². The Balaban J connectivity index is 1.98. The average Bonchev–Trinajstić information content (AvgIpc) is 2.41. The quantitative estimate of drug-likeness (QED) is 0.834. The fourth-order valence-corrected chi connectivity index (χ4v) is 2.21. The largest absolute Gasteiger partial charge is 0.383 e. The molecule has 0 fully saturated rings. The summed E-state index contributed by atoms with van der Waals surface area (Å²) in [4.78, 5) is 4.33. The molecule has 0 saturated heterocycles. The van der Waals surface area contributed by atoms with Gasteiger partial charge in [0.1, 0.15) is 0 Å². The predicted molar refractivity (Wildman–Crippen MR) is 77.5 cm³/mol. The number of hydrazine groups is 1. The van der Waals surface area contributed by atoms with Crippen molar-refractivity contribution in [1.82, 2.24) is 10.9 Å². The van der Waals surface area contributed by atoms with E-state index in [-0.39, 0.29) is 0 Å². The molecule has 0 aliphatic carbocycles. The van der Waals surface area contributed by atoms with Crippen LogP contribution in [-0.4, -0.2) is 25.4 Å². The SMILES string of the molecule is COCCN=C1NNC(c2ccc(Cl)cc2)=CS1. The number of thioether (sulfide) groups is 1. The van der Waals surface area contributed by atoms with E-state index in [0.717, 1.165) is 21.5 Å². The Morgan fingerprint density at radius 2 is 2.06 bits per heavy atom. The van der Waals surface area contributed by atoms with Crippen molar-refractivity contribution < 1.29 is 4.74 Å². The zero-order valence-electron chi connectivity index (χ0n) is 9.94. The second kappa shape index (κ2) is 6.68. The number of methoxy groups -OCH3 is 1. The highest BCUT2D eigenvalue weighted by Crippen LogP contribution is 2.21. The zero-order chi connectivity index (χ0) is 12.8. The Morgan fingerprint density at radius 3 is 2.67 bits per heavy atom. The van der Waals surface area contributed by atoms with E-state index in [1.54, 1.807) is 18.9 Å². The van der Waals surface area contributed by atoms with Gasteiger partial charge >= 0.3 is 0 Å². The third-order valence-electron chi connectivity index (χ3n) is 2.30. The molecule has 0 saturated carbocycles. The lowest BCUT2D eigenvalue weighted by atomic mass is 10.2. The Kier molecular flexibility index (Phi) is 4.92. The maximum absolute atomic E-state index is 5.85. The molecule has 96 valence electrons. The summed E-state index contributed by atoms with van der Waals surface area (Å²) >= 11 is 7.40. The maximum Gasteiger partial charge on any atom is 0.179 e. The maximum atomic E-state index is 5.85. The Bertz CT molecular complexity index is 459. The van der Waals surface area contributed by atoms with Crippen molar-refractivity contribution in [3.05, 3.63) is 40.3 Å². The van der Waals surface area contributed by atoms with E-state index in [0.29, 0.717) is 13.2 Å². The molecule has 18 heavy (non-hydrogen) atoms. The number of nitrogens with zero attached hydrogens (tertiary/aromatic N) is 1. The molecule has 2 N–H and O–H groups in total. The number of hydrogen-bond donors (Lipinski definition) is 2. The minimum absolute atomic E-state index is 0.624. The summed E-state index contributed by atoms with van der Waals surface area (Å²) in [5.41, 5.74) is 8.24. The van der Waals surface area contributed by atoms with Gasteiger partial charge < -0.3 is 4.74 Å². The average molecular weight is 284 g/mol. The first kappa shape index (κ1) is 13.3. The first-order valence-corrected chi connectivity index (χ1v) is 6.73. The molecule has 4 nitrogen and oxygen atoms in total. The third kappa shape index (κ3) is 3.66. The molecule has 0 radical (unpaired) electrons. The van der Waals surface area contributed by atoms with Crippen LogP contribution in [0.2, 0.25) is 5.02 Å². The van der Waals surface area contributed by atoms with E-state index in [1.807, 2.05) is 29.7 Å². The van der Waals surface area contributed by atoms with Gasteiger partial charge in [0.25, 0.3) is 0 Å². The van der Waals surface area contributed by atoms with Crippen molar-refractivity contribution in [2.45, 2.75) is 0 Å². The van der Waals surface area contributed by atoms with Gasteiger partial charge in [-0.15, -0.1) is 0 Å². The van der Waals surface area contributed by atoms with Crippen molar-refractivity contribution >= 4 is 34.2 Å². The van der Waals surface area contributed by atoms with Crippen molar-refractivity contribution in [2.24, 2.45) is 4.99 Å². The van der Waals surface area contributed by atoms with Crippen molar-refractivity contribution in [1.29, 1.82) is 0 Å². The van der Waals surface area contributed by atoms with Gasteiger partial charge in [-0.3, -0.25) is 15.8 Å². The third-order valence-corrected chi connectivity index (χ3v) is 3.36. The summed E-state index contributed by atoms with van der Waals surface area (Å²) in [6.07, 6.45) is 0. The molecule has 0 unspecified atom stereocenters. The van der Waals surface area contributed by atoms with Crippen LogP contribution in [0.15, 0.2) is 34.7 Å². The Hall–Kier alpha value is -1.17. The Morgan fingerprint density at radius 1 is 1.28 bits per heavy atom. The fourth-order valence-electron chi connectivity index (χ4n) is 1.38. The van der Waals surface area contributed by atoms with Crippen LogP contribution < -0.4 is 10.9 Å². The van der Waals surface area contributed by atoms with E-state index >= 15 is 0 Å². The number of nitrogens with one attached hydrogen (secondary N) is 2. The van der Waals surface area contributed by atoms with Crippen LogP contribution >= 0.6 is 23.4 Å². The molecule has 2 rings (SSSR count). The lowest BCUT2D eigenvalue weighted by Gasteiger charge is -2.19. The predicted octanol–water partition coefficient (Wildman–Crippen LogP) is 2.48. The van der Waals surface area contributed by atoms with Crippen LogP contribution in [0.1, 0.15) is 5.56 Å². The molecule has 0 atom stereocenters. The van der Waals surface area contributed by atoms with Gasteiger partial charge in [0.2, 0.25) is 0 Å². The van der Waals surface area contributed by atoms with Gasteiger partial charge in [-0.2, -0.15) is 0 Å². The minimum atomic E-state index is 0.624. The second-order valence-corrected chi connectivity index (χ2v) is 4.88.